The second-order valence-corrected chi connectivity index (χ2v) is 1.93. The Kier molecular flexibility index (Phi) is 8.07. The number of rotatable bonds is 3. The topological polar surface area (TPSA) is 29.1 Å². The van der Waals surface area contributed by atoms with Crippen LogP contribution in [0.25, 0.3) is 0 Å². The van der Waals surface area contributed by atoms with Gasteiger partial charge in [0.05, 0.1) is 0 Å². The van der Waals surface area contributed by atoms with Gasteiger partial charge in [-0.1, -0.05) is 19.9 Å². The lowest BCUT2D eigenvalue weighted by Crippen LogP contribution is -2.19. The maximum absolute atomic E-state index is 10.7. The SMILES string of the molecule is C=C(CCC)C(=O)NC.Cl. The number of nitrogens with one attached hydrogen (secondary N) is 1. The van der Waals surface area contributed by atoms with Crippen LogP contribution in [-0.4, -0.2) is 13.0 Å². The zero-order valence-electron chi connectivity index (χ0n) is 6.44. The van der Waals surface area contributed by atoms with Crippen molar-refractivity contribution in [1.82, 2.24) is 5.32 Å². The molecular weight excluding hydrogens is 150 g/mol. The molecule has 0 aliphatic carbocycles. The van der Waals surface area contributed by atoms with Crippen LogP contribution in [0.2, 0.25) is 0 Å². The van der Waals surface area contributed by atoms with Gasteiger partial charge in [-0.3, -0.25) is 4.79 Å². The molecule has 0 aromatic heterocycles. The first-order chi connectivity index (χ1) is 4.22. The van der Waals surface area contributed by atoms with E-state index < -0.39 is 0 Å². The number of carbonyl (C=O) groups excluding carboxylic acids is 1. The number of halogens is 1. The summed E-state index contributed by atoms with van der Waals surface area (Å²) in [5.74, 6) is -0.0446. The van der Waals surface area contributed by atoms with Gasteiger partial charge in [0, 0.05) is 12.6 Å². The van der Waals surface area contributed by atoms with E-state index in [4.69, 9.17) is 0 Å². The summed E-state index contributed by atoms with van der Waals surface area (Å²) < 4.78 is 0. The third-order valence-corrected chi connectivity index (χ3v) is 1.10. The van der Waals surface area contributed by atoms with Gasteiger partial charge >= 0.3 is 0 Å². The van der Waals surface area contributed by atoms with E-state index in [9.17, 15) is 4.79 Å². The molecule has 0 fully saturated rings. The molecule has 0 heterocycles. The van der Waals surface area contributed by atoms with Gasteiger partial charge in [-0.25, -0.2) is 0 Å². The van der Waals surface area contributed by atoms with Crippen LogP contribution >= 0.6 is 12.4 Å². The van der Waals surface area contributed by atoms with Crippen molar-refractivity contribution in [3.05, 3.63) is 12.2 Å². The Bertz CT molecular complexity index is 123. The summed E-state index contributed by atoms with van der Waals surface area (Å²) in [5.41, 5.74) is 0.667. The Labute approximate surface area is 68.1 Å². The minimum atomic E-state index is -0.0446. The molecule has 0 radical (unpaired) electrons. The van der Waals surface area contributed by atoms with Crippen LogP contribution in [-0.2, 0) is 4.79 Å². The summed E-state index contributed by atoms with van der Waals surface area (Å²) in [4.78, 5) is 10.7. The summed E-state index contributed by atoms with van der Waals surface area (Å²) >= 11 is 0. The van der Waals surface area contributed by atoms with E-state index in [1.807, 2.05) is 6.92 Å². The maximum atomic E-state index is 10.7. The van der Waals surface area contributed by atoms with Crippen LogP contribution in [0.4, 0.5) is 0 Å². The average molecular weight is 164 g/mol. The predicted molar refractivity (Wildman–Crippen MR) is 45.4 cm³/mol. The lowest BCUT2D eigenvalue weighted by atomic mass is 10.2. The molecule has 0 saturated carbocycles. The Hall–Kier alpha value is -0.500. The first-order valence-corrected chi connectivity index (χ1v) is 3.12. The fourth-order valence-electron chi connectivity index (χ4n) is 0.592. The van der Waals surface area contributed by atoms with Crippen molar-refractivity contribution >= 4 is 18.3 Å². The molecule has 0 unspecified atom stereocenters. The number of likely N-dealkylation sites (N-methyl/N-ethyl adjacent to an activating group) is 1. The highest BCUT2D eigenvalue weighted by molar-refractivity contribution is 5.92. The lowest BCUT2D eigenvalue weighted by Gasteiger charge is -1.99. The standard InChI is InChI=1S/C7H13NO.ClH/c1-4-5-6(2)7(9)8-3;/h2,4-5H2,1,3H3,(H,8,9);1H. The van der Waals surface area contributed by atoms with Crippen molar-refractivity contribution in [2.24, 2.45) is 0 Å². The minimum absolute atomic E-state index is 0. The zero-order chi connectivity index (χ0) is 7.28. The molecule has 0 bridgehead atoms. The molecule has 3 heteroatoms. The second-order valence-electron chi connectivity index (χ2n) is 1.93. The number of amides is 1. The first-order valence-electron chi connectivity index (χ1n) is 3.12. The van der Waals surface area contributed by atoms with Crippen LogP contribution in [0.5, 0.6) is 0 Å². The number of hydrogen-bond donors (Lipinski definition) is 1. The highest BCUT2D eigenvalue weighted by atomic mass is 35.5. The van der Waals surface area contributed by atoms with E-state index in [1.165, 1.54) is 0 Å². The highest BCUT2D eigenvalue weighted by Crippen LogP contribution is 1.99. The Morgan fingerprint density at radius 1 is 1.60 bits per heavy atom. The predicted octanol–water partition coefficient (Wildman–Crippen LogP) is 1.51. The third kappa shape index (κ3) is 4.39. The van der Waals surface area contributed by atoms with Crippen molar-refractivity contribution in [3.63, 3.8) is 0 Å². The van der Waals surface area contributed by atoms with Crippen molar-refractivity contribution < 1.29 is 4.79 Å². The Balaban J connectivity index is 0. The van der Waals surface area contributed by atoms with Crippen LogP contribution in [0.3, 0.4) is 0 Å². The summed E-state index contributed by atoms with van der Waals surface area (Å²) in [7, 11) is 1.61. The fraction of sp³-hybridized carbons (Fsp3) is 0.571. The molecule has 0 spiro atoms. The van der Waals surface area contributed by atoms with Gasteiger partial charge in [-0.05, 0) is 6.42 Å². The fourth-order valence-corrected chi connectivity index (χ4v) is 0.592. The summed E-state index contributed by atoms with van der Waals surface area (Å²) in [6.45, 7) is 5.63. The molecule has 0 aliphatic rings. The van der Waals surface area contributed by atoms with Crippen LogP contribution in [0.15, 0.2) is 12.2 Å². The van der Waals surface area contributed by atoms with Gasteiger partial charge in [-0.15, -0.1) is 12.4 Å². The maximum Gasteiger partial charge on any atom is 0.246 e. The zero-order valence-corrected chi connectivity index (χ0v) is 7.25. The largest absolute Gasteiger partial charge is 0.355 e. The summed E-state index contributed by atoms with van der Waals surface area (Å²) in [5, 5.41) is 2.51. The minimum Gasteiger partial charge on any atom is -0.355 e. The lowest BCUT2D eigenvalue weighted by molar-refractivity contribution is -0.117. The Morgan fingerprint density at radius 2 is 2.10 bits per heavy atom. The van der Waals surface area contributed by atoms with Crippen molar-refractivity contribution in [2.45, 2.75) is 19.8 Å². The monoisotopic (exact) mass is 163 g/mol. The van der Waals surface area contributed by atoms with E-state index >= 15 is 0 Å². The highest BCUT2D eigenvalue weighted by Gasteiger charge is 2.00. The van der Waals surface area contributed by atoms with Crippen LogP contribution < -0.4 is 5.32 Å². The molecule has 1 N–H and O–H groups in total. The average Bonchev–Trinajstić information content (AvgIpc) is 1.87. The number of hydrogen-bond acceptors (Lipinski definition) is 1. The smallest absolute Gasteiger partial charge is 0.246 e. The normalized spacial score (nSPS) is 7.80. The molecule has 0 saturated heterocycles. The van der Waals surface area contributed by atoms with Crippen LogP contribution in [0.1, 0.15) is 19.8 Å². The molecule has 1 amide bonds. The molecule has 0 aromatic carbocycles. The van der Waals surface area contributed by atoms with Gasteiger partial charge in [0.2, 0.25) is 5.91 Å². The molecule has 0 rings (SSSR count). The van der Waals surface area contributed by atoms with Crippen molar-refractivity contribution in [1.29, 1.82) is 0 Å². The van der Waals surface area contributed by atoms with E-state index in [-0.39, 0.29) is 18.3 Å². The summed E-state index contributed by atoms with van der Waals surface area (Å²) in [6, 6.07) is 0. The molecule has 60 valence electrons. The first kappa shape index (κ1) is 12.2. The molecule has 0 aromatic rings. The summed E-state index contributed by atoms with van der Waals surface area (Å²) in [6.07, 6.45) is 1.77. The van der Waals surface area contributed by atoms with E-state index in [1.54, 1.807) is 7.05 Å². The molecule has 2 nitrogen and oxygen atoms in total. The molecule has 0 aliphatic heterocycles. The van der Waals surface area contributed by atoms with E-state index in [0.29, 0.717) is 5.57 Å². The van der Waals surface area contributed by atoms with Gasteiger partial charge in [0.25, 0.3) is 0 Å². The van der Waals surface area contributed by atoms with Gasteiger partial charge in [0.1, 0.15) is 0 Å². The van der Waals surface area contributed by atoms with Crippen molar-refractivity contribution in [3.8, 4) is 0 Å². The van der Waals surface area contributed by atoms with Gasteiger partial charge in [0.15, 0.2) is 0 Å². The van der Waals surface area contributed by atoms with Gasteiger partial charge < -0.3 is 5.32 Å². The molecular formula is C7H14ClNO. The van der Waals surface area contributed by atoms with Crippen LogP contribution in [0, 0.1) is 0 Å². The third-order valence-electron chi connectivity index (χ3n) is 1.10. The number of carbonyl (C=O) groups is 1. The second kappa shape index (κ2) is 6.62. The quantitative estimate of drug-likeness (QED) is 0.628. The van der Waals surface area contributed by atoms with Crippen molar-refractivity contribution in [2.75, 3.05) is 7.05 Å². The molecule has 0 atom stereocenters. The van der Waals surface area contributed by atoms with Gasteiger partial charge in [-0.2, -0.15) is 0 Å². The van der Waals surface area contributed by atoms with E-state index in [2.05, 4.69) is 11.9 Å². The van der Waals surface area contributed by atoms with E-state index in [0.717, 1.165) is 12.8 Å². The Morgan fingerprint density at radius 3 is 2.40 bits per heavy atom. The molecule has 10 heavy (non-hydrogen) atoms.